The van der Waals surface area contributed by atoms with Crippen molar-refractivity contribution in [3.63, 3.8) is 0 Å². The number of nitriles is 1. The monoisotopic (exact) mass is 183 g/mol. The molecule has 0 rings (SSSR count). The van der Waals surface area contributed by atoms with Gasteiger partial charge in [-0.25, -0.2) is 0 Å². The zero-order valence-electron chi connectivity index (χ0n) is 7.76. The zero-order valence-corrected chi connectivity index (χ0v) is 7.76. The molecule has 0 aromatic carbocycles. The Labute approximate surface area is 77.4 Å². The lowest BCUT2D eigenvalue weighted by Crippen LogP contribution is -2.28. The van der Waals surface area contributed by atoms with Crippen molar-refractivity contribution in [2.75, 3.05) is 27.3 Å². The molecule has 0 unspecified atom stereocenters. The third-order valence-electron chi connectivity index (χ3n) is 1.25. The second-order valence-electron chi connectivity index (χ2n) is 2.21. The maximum absolute atomic E-state index is 11.1. The number of methoxy groups -OCH3 is 1. The van der Waals surface area contributed by atoms with E-state index in [1.54, 1.807) is 20.2 Å². The van der Waals surface area contributed by atoms with E-state index >= 15 is 0 Å². The van der Waals surface area contributed by atoms with Gasteiger partial charge in [0.1, 0.15) is 11.6 Å². The third kappa shape index (κ3) is 4.82. The molecule has 0 saturated carbocycles. The Morgan fingerprint density at radius 2 is 2.38 bits per heavy atom. The van der Waals surface area contributed by atoms with Crippen LogP contribution in [0, 0.1) is 11.3 Å². The highest BCUT2D eigenvalue weighted by atomic mass is 16.5. The van der Waals surface area contributed by atoms with Crippen LogP contribution in [0.15, 0.2) is 11.8 Å². The number of hydrogen-bond donors (Lipinski definition) is 2. The molecule has 0 saturated heterocycles. The van der Waals surface area contributed by atoms with Crippen molar-refractivity contribution in [1.82, 2.24) is 10.6 Å². The summed E-state index contributed by atoms with van der Waals surface area (Å²) in [6.07, 6.45) is 1.35. The van der Waals surface area contributed by atoms with Crippen LogP contribution >= 0.6 is 0 Å². The maximum atomic E-state index is 11.1. The normalized spacial score (nSPS) is 10.4. The molecule has 0 aliphatic heterocycles. The van der Waals surface area contributed by atoms with Gasteiger partial charge in [-0.15, -0.1) is 0 Å². The number of carbonyl (C=O) groups is 1. The van der Waals surface area contributed by atoms with Crippen LogP contribution in [-0.4, -0.2) is 33.2 Å². The summed E-state index contributed by atoms with van der Waals surface area (Å²) in [5.41, 5.74) is 0.0543. The Morgan fingerprint density at radius 1 is 1.69 bits per heavy atom. The molecule has 1 amide bonds. The Kier molecular flexibility index (Phi) is 6.28. The lowest BCUT2D eigenvalue weighted by molar-refractivity contribution is -0.117. The van der Waals surface area contributed by atoms with E-state index in [-0.39, 0.29) is 5.57 Å². The number of carbonyl (C=O) groups excluding carboxylic acids is 1. The summed E-state index contributed by atoms with van der Waals surface area (Å²) in [5, 5.41) is 13.7. The largest absolute Gasteiger partial charge is 0.393 e. The van der Waals surface area contributed by atoms with E-state index in [1.807, 2.05) is 0 Å². The van der Waals surface area contributed by atoms with Crippen LogP contribution in [0.5, 0.6) is 0 Å². The highest BCUT2D eigenvalue weighted by Crippen LogP contribution is 1.88. The first-order chi connectivity index (χ1) is 6.26. The summed E-state index contributed by atoms with van der Waals surface area (Å²) >= 11 is 0. The van der Waals surface area contributed by atoms with Gasteiger partial charge < -0.3 is 15.4 Å². The lowest BCUT2D eigenvalue weighted by atomic mass is 10.3. The summed E-state index contributed by atoms with van der Waals surface area (Å²) in [6.45, 7) is 0.835. The van der Waals surface area contributed by atoms with Crippen molar-refractivity contribution in [3.8, 4) is 6.07 Å². The number of hydrogen-bond acceptors (Lipinski definition) is 4. The summed E-state index contributed by atoms with van der Waals surface area (Å²) in [4.78, 5) is 11.1. The summed E-state index contributed by atoms with van der Waals surface area (Å²) in [7, 11) is 3.17. The Bertz CT molecular complexity index is 230. The molecule has 2 N–H and O–H groups in total. The molecule has 0 atom stereocenters. The Morgan fingerprint density at radius 3 is 2.85 bits per heavy atom. The van der Waals surface area contributed by atoms with E-state index in [4.69, 9.17) is 10.00 Å². The van der Waals surface area contributed by atoms with Gasteiger partial charge in [0.05, 0.1) is 6.61 Å². The van der Waals surface area contributed by atoms with Gasteiger partial charge in [-0.3, -0.25) is 4.79 Å². The van der Waals surface area contributed by atoms with Crippen LogP contribution in [0.1, 0.15) is 0 Å². The van der Waals surface area contributed by atoms with E-state index < -0.39 is 5.91 Å². The molecule has 0 aliphatic rings. The Hall–Kier alpha value is -1.54. The summed E-state index contributed by atoms with van der Waals surface area (Å²) < 4.78 is 4.73. The first-order valence-corrected chi connectivity index (χ1v) is 3.81. The van der Waals surface area contributed by atoms with Crippen LogP contribution < -0.4 is 10.6 Å². The van der Waals surface area contributed by atoms with Gasteiger partial charge in [0.25, 0.3) is 5.91 Å². The van der Waals surface area contributed by atoms with Crippen LogP contribution in [0.3, 0.4) is 0 Å². The fraction of sp³-hybridized carbons (Fsp3) is 0.500. The molecule has 0 bridgehead atoms. The quantitative estimate of drug-likeness (QED) is 0.338. The maximum Gasteiger partial charge on any atom is 0.263 e. The van der Waals surface area contributed by atoms with Gasteiger partial charge in [-0.2, -0.15) is 5.26 Å². The van der Waals surface area contributed by atoms with Gasteiger partial charge in [-0.05, 0) is 0 Å². The highest BCUT2D eigenvalue weighted by molar-refractivity contribution is 5.97. The van der Waals surface area contributed by atoms with Crippen molar-refractivity contribution in [1.29, 1.82) is 5.26 Å². The van der Waals surface area contributed by atoms with Gasteiger partial charge in [0.15, 0.2) is 0 Å². The first kappa shape index (κ1) is 11.5. The average molecular weight is 183 g/mol. The molecular weight excluding hydrogens is 170 g/mol. The molecule has 0 heterocycles. The predicted molar refractivity (Wildman–Crippen MR) is 47.6 cm³/mol. The predicted octanol–water partition coefficient (Wildman–Crippen LogP) is -0.624. The highest BCUT2D eigenvalue weighted by Gasteiger charge is 2.06. The van der Waals surface area contributed by atoms with Crippen molar-refractivity contribution in [2.24, 2.45) is 0 Å². The zero-order chi connectivity index (χ0) is 10.1. The first-order valence-electron chi connectivity index (χ1n) is 3.81. The van der Waals surface area contributed by atoms with E-state index in [2.05, 4.69) is 10.6 Å². The molecule has 5 heteroatoms. The van der Waals surface area contributed by atoms with Crippen LogP contribution in [0.4, 0.5) is 0 Å². The summed E-state index contributed by atoms with van der Waals surface area (Å²) in [6, 6.07) is 1.78. The number of nitrogens with zero attached hydrogens (tertiary/aromatic N) is 1. The van der Waals surface area contributed by atoms with Crippen LogP contribution in [-0.2, 0) is 9.53 Å². The van der Waals surface area contributed by atoms with E-state index in [9.17, 15) is 4.79 Å². The molecule has 0 fully saturated rings. The molecule has 0 aliphatic carbocycles. The number of rotatable bonds is 5. The number of ether oxygens (including phenoxy) is 1. The standard InChI is InChI=1S/C8H13N3O2/c1-10-6-7(5-9)8(12)11-3-4-13-2/h6,10H,3-4H2,1-2H3,(H,11,12)/b7-6-. The second kappa shape index (κ2) is 7.13. The molecule has 72 valence electrons. The SMILES string of the molecule is CN/C=C(/C#N)C(=O)NCCOC. The molecule has 0 aromatic rings. The molecule has 0 spiro atoms. The average Bonchev–Trinajstić information content (AvgIpc) is 2.14. The third-order valence-corrected chi connectivity index (χ3v) is 1.25. The van der Waals surface area contributed by atoms with Crippen molar-refractivity contribution in [3.05, 3.63) is 11.8 Å². The molecule has 5 nitrogen and oxygen atoms in total. The van der Waals surface area contributed by atoms with Crippen molar-refractivity contribution >= 4 is 5.91 Å². The van der Waals surface area contributed by atoms with Gasteiger partial charge in [-0.1, -0.05) is 0 Å². The fourth-order valence-electron chi connectivity index (χ4n) is 0.655. The fourth-order valence-corrected chi connectivity index (χ4v) is 0.655. The van der Waals surface area contributed by atoms with Crippen LogP contribution in [0.2, 0.25) is 0 Å². The number of amides is 1. The van der Waals surface area contributed by atoms with E-state index in [0.29, 0.717) is 13.2 Å². The second-order valence-corrected chi connectivity index (χ2v) is 2.21. The van der Waals surface area contributed by atoms with Crippen LogP contribution in [0.25, 0.3) is 0 Å². The molecule has 0 aromatic heterocycles. The Balaban J connectivity index is 3.95. The van der Waals surface area contributed by atoms with Gasteiger partial charge in [0, 0.05) is 26.9 Å². The van der Waals surface area contributed by atoms with Crippen molar-refractivity contribution in [2.45, 2.75) is 0 Å². The van der Waals surface area contributed by atoms with Gasteiger partial charge in [0.2, 0.25) is 0 Å². The summed E-state index contributed by atoms with van der Waals surface area (Å²) in [5.74, 6) is -0.395. The lowest BCUT2D eigenvalue weighted by Gasteiger charge is -2.02. The molecule has 0 radical (unpaired) electrons. The van der Waals surface area contributed by atoms with E-state index in [0.717, 1.165) is 0 Å². The topological polar surface area (TPSA) is 74.2 Å². The van der Waals surface area contributed by atoms with E-state index in [1.165, 1.54) is 6.20 Å². The smallest absolute Gasteiger partial charge is 0.263 e. The van der Waals surface area contributed by atoms with Crippen molar-refractivity contribution < 1.29 is 9.53 Å². The molecule has 13 heavy (non-hydrogen) atoms. The minimum atomic E-state index is -0.395. The minimum absolute atomic E-state index is 0.0543. The van der Waals surface area contributed by atoms with Gasteiger partial charge >= 0.3 is 0 Å². The number of nitrogens with one attached hydrogen (secondary N) is 2. The minimum Gasteiger partial charge on any atom is -0.393 e. The molecular formula is C8H13N3O2.